The molecule has 0 aliphatic heterocycles. The Balaban J connectivity index is 0. The van der Waals surface area contributed by atoms with Gasteiger partial charge in [0, 0.05) is 19.6 Å². The van der Waals surface area contributed by atoms with Crippen LogP contribution in [0.5, 0.6) is 0 Å². The number of halogens is 1. The quantitative estimate of drug-likeness (QED) is 0.195. The average Bonchev–Trinajstić information content (AvgIpc) is 2.35. The minimum Gasteiger partial charge on any atom is -0.357 e. The molecule has 0 amide bonds. The molecule has 0 aliphatic rings. The molecule has 0 bridgehead atoms. The largest absolute Gasteiger partial charge is 0.357 e. The van der Waals surface area contributed by atoms with Crippen LogP contribution in [0.2, 0.25) is 0 Å². The van der Waals surface area contributed by atoms with Crippen LogP contribution in [0.25, 0.3) is 0 Å². The summed E-state index contributed by atoms with van der Waals surface area (Å²) in [6.07, 6.45) is 6.08. The molecule has 0 saturated heterocycles. The van der Waals surface area contributed by atoms with E-state index in [0.717, 1.165) is 25.4 Å². The number of hydrogen-bond donors (Lipinski definition) is 3. The predicted octanol–water partition coefficient (Wildman–Crippen LogP) is 2.05. The van der Waals surface area contributed by atoms with Crippen LogP contribution in [0.1, 0.15) is 52.9 Å². The molecule has 4 N–H and O–H groups in total. The van der Waals surface area contributed by atoms with Gasteiger partial charge in [-0.1, -0.05) is 39.5 Å². The first-order chi connectivity index (χ1) is 9.85. The highest BCUT2D eigenvalue weighted by Gasteiger charge is 2.03. The summed E-state index contributed by atoms with van der Waals surface area (Å²) in [6, 6.07) is 0. The standard InChI is InChI=1S/C14H32N4O2S.HI/c1-4-16-14(18-11-12-21(15,19)20)17-10-8-6-5-7-9-13(2)3;/h13H,4-12H2,1-3H3,(H2,15,19,20)(H2,16,17,18);1H. The van der Waals surface area contributed by atoms with Gasteiger partial charge in [-0.3, -0.25) is 4.99 Å². The summed E-state index contributed by atoms with van der Waals surface area (Å²) in [5, 5.41) is 11.0. The minimum atomic E-state index is -3.42. The Bertz CT molecular complexity index is 386. The van der Waals surface area contributed by atoms with Gasteiger partial charge in [-0.2, -0.15) is 0 Å². The highest BCUT2D eigenvalue weighted by atomic mass is 127. The molecule has 0 spiro atoms. The molecule has 0 unspecified atom stereocenters. The molecule has 134 valence electrons. The minimum absolute atomic E-state index is 0. The van der Waals surface area contributed by atoms with Gasteiger partial charge in [-0.15, -0.1) is 24.0 Å². The first-order valence-electron chi connectivity index (χ1n) is 7.87. The van der Waals surface area contributed by atoms with Gasteiger partial charge in [0.1, 0.15) is 0 Å². The van der Waals surface area contributed by atoms with E-state index in [2.05, 4.69) is 29.5 Å². The number of unbranched alkanes of at least 4 members (excludes halogenated alkanes) is 3. The lowest BCUT2D eigenvalue weighted by Crippen LogP contribution is -2.40. The Morgan fingerprint density at radius 1 is 1.14 bits per heavy atom. The number of nitrogens with two attached hydrogens (primary N) is 1. The van der Waals surface area contributed by atoms with Crippen LogP contribution >= 0.6 is 24.0 Å². The maximum Gasteiger partial charge on any atom is 0.210 e. The number of rotatable bonds is 11. The van der Waals surface area contributed by atoms with Crippen molar-refractivity contribution >= 4 is 40.0 Å². The third-order valence-corrected chi connectivity index (χ3v) is 3.76. The van der Waals surface area contributed by atoms with Crippen LogP contribution in [0, 0.1) is 5.92 Å². The van der Waals surface area contributed by atoms with Crippen LogP contribution in [-0.2, 0) is 10.0 Å². The Kier molecular flexibility index (Phi) is 15.9. The summed E-state index contributed by atoms with van der Waals surface area (Å²) in [5.41, 5.74) is 0. The third kappa shape index (κ3) is 18.0. The van der Waals surface area contributed by atoms with E-state index >= 15 is 0 Å². The molecule has 0 aromatic heterocycles. The van der Waals surface area contributed by atoms with Crippen LogP contribution in [-0.4, -0.2) is 39.8 Å². The van der Waals surface area contributed by atoms with Crippen LogP contribution < -0.4 is 15.8 Å². The first kappa shape index (κ1) is 24.2. The van der Waals surface area contributed by atoms with E-state index in [4.69, 9.17) is 5.14 Å². The summed E-state index contributed by atoms with van der Waals surface area (Å²) in [6.45, 7) is 8.25. The molecule has 0 saturated carbocycles. The molecule has 0 aromatic carbocycles. The molecule has 6 nitrogen and oxygen atoms in total. The summed E-state index contributed by atoms with van der Waals surface area (Å²) >= 11 is 0. The van der Waals surface area contributed by atoms with Gasteiger partial charge in [0.15, 0.2) is 5.96 Å². The molecular formula is C14H33IN4O2S. The molecule has 0 heterocycles. The van der Waals surface area contributed by atoms with Crippen molar-refractivity contribution in [3.63, 3.8) is 0 Å². The van der Waals surface area contributed by atoms with Gasteiger partial charge in [0.05, 0.1) is 5.75 Å². The van der Waals surface area contributed by atoms with Gasteiger partial charge in [0.2, 0.25) is 10.0 Å². The highest BCUT2D eigenvalue weighted by Crippen LogP contribution is 2.09. The van der Waals surface area contributed by atoms with Crippen molar-refractivity contribution in [3.05, 3.63) is 0 Å². The van der Waals surface area contributed by atoms with E-state index in [-0.39, 0.29) is 36.3 Å². The van der Waals surface area contributed by atoms with Gasteiger partial charge < -0.3 is 10.6 Å². The lowest BCUT2D eigenvalue weighted by Gasteiger charge is -2.10. The second kappa shape index (κ2) is 14.5. The number of guanidine groups is 1. The van der Waals surface area contributed by atoms with Gasteiger partial charge in [-0.25, -0.2) is 13.6 Å². The summed E-state index contributed by atoms with van der Waals surface area (Å²) < 4.78 is 21.7. The van der Waals surface area contributed by atoms with Crippen LogP contribution in [0.3, 0.4) is 0 Å². The van der Waals surface area contributed by atoms with E-state index < -0.39 is 10.0 Å². The maximum atomic E-state index is 10.9. The molecule has 22 heavy (non-hydrogen) atoms. The fraction of sp³-hybridized carbons (Fsp3) is 0.929. The summed E-state index contributed by atoms with van der Waals surface area (Å²) in [4.78, 5) is 4.42. The predicted molar refractivity (Wildman–Crippen MR) is 105 cm³/mol. The number of aliphatic imine (C=N–C) groups is 1. The van der Waals surface area contributed by atoms with Crippen molar-refractivity contribution in [2.24, 2.45) is 16.0 Å². The Morgan fingerprint density at radius 3 is 2.32 bits per heavy atom. The molecule has 0 aromatic rings. The fourth-order valence-electron chi connectivity index (χ4n) is 1.86. The zero-order chi connectivity index (χ0) is 16.1. The third-order valence-electron chi connectivity index (χ3n) is 2.98. The normalized spacial score (nSPS) is 12.1. The smallest absolute Gasteiger partial charge is 0.210 e. The Morgan fingerprint density at radius 2 is 1.77 bits per heavy atom. The average molecular weight is 448 g/mol. The van der Waals surface area contributed by atoms with Crippen molar-refractivity contribution in [2.45, 2.75) is 52.9 Å². The lowest BCUT2D eigenvalue weighted by molar-refractivity contribution is 0.521. The second-order valence-electron chi connectivity index (χ2n) is 5.65. The van der Waals surface area contributed by atoms with Crippen molar-refractivity contribution in [2.75, 3.05) is 25.4 Å². The Hall–Kier alpha value is -0.0900. The maximum absolute atomic E-state index is 10.9. The molecule has 0 radical (unpaired) electrons. The number of primary sulfonamides is 1. The Labute approximate surface area is 153 Å². The van der Waals surface area contributed by atoms with Crippen LogP contribution in [0.15, 0.2) is 4.99 Å². The zero-order valence-electron chi connectivity index (χ0n) is 14.1. The molecule has 0 atom stereocenters. The molecule has 0 rings (SSSR count). The zero-order valence-corrected chi connectivity index (χ0v) is 17.2. The number of nitrogens with zero attached hydrogens (tertiary/aromatic N) is 1. The summed E-state index contributed by atoms with van der Waals surface area (Å²) in [7, 11) is -3.42. The fourth-order valence-corrected chi connectivity index (χ4v) is 2.25. The van der Waals surface area contributed by atoms with Crippen molar-refractivity contribution < 1.29 is 8.42 Å². The molecular weight excluding hydrogens is 415 g/mol. The van der Waals surface area contributed by atoms with Crippen molar-refractivity contribution in [3.8, 4) is 0 Å². The van der Waals surface area contributed by atoms with Crippen LogP contribution in [0.4, 0.5) is 0 Å². The van der Waals surface area contributed by atoms with Gasteiger partial charge in [-0.05, 0) is 19.3 Å². The SMILES string of the molecule is CCNC(=NCCCCCCC(C)C)NCCS(N)(=O)=O.I. The number of nitrogens with one attached hydrogen (secondary N) is 2. The van der Waals surface area contributed by atoms with E-state index in [1.165, 1.54) is 25.7 Å². The number of sulfonamides is 1. The highest BCUT2D eigenvalue weighted by molar-refractivity contribution is 14.0. The molecule has 0 fully saturated rings. The lowest BCUT2D eigenvalue weighted by atomic mass is 10.0. The van der Waals surface area contributed by atoms with Crippen molar-refractivity contribution in [1.29, 1.82) is 0 Å². The second-order valence-corrected chi connectivity index (χ2v) is 7.39. The van der Waals surface area contributed by atoms with E-state index in [0.29, 0.717) is 5.96 Å². The van der Waals surface area contributed by atoms with E-state index in [9.17, 15) is 8.42 Å². The topological polar surface area (TPSA) is 96.6 Å². The first-order valence-corrected chi connectivity index (χ1v) is 9.59. The van der Waals surface area contributed by atoms with Gasteiger partial charge in [0.25, 0.3) is 0 Å². The van der Waals surface area contributed by atoms with Crippen molar-refractivity contribution in [1.82, 2.24) is 10.6 Å². The van der Waals surface area contributed by atoms with E-state index in [1.807, 2.05) is 6.92 Å². The number of hydrogen-bond acceptors (Lipinski definition) is 3. The summed E-state index contributed by atoms with van der Waals surface area (Å²) in [5.74, 6) is 1.35. The van der Waals surface area contributed by atoms with Gasteiger partial charge >= 0.3 is 0 Å². The monoisotopic (exact) mass is 448 g/mol. The molecule has 8 heteroatoms. The molecule has 0 aliphatic carbocycles. The van der Waals surface area contributed by atoms with E-state index in [1.54, 1.807) is 0 Å².